The fourth-order valence-electron chi connectivity index (χ4n) is 2.99. The highest BCUT2D eigenvalue weighted by atomic mass is 16.5. The normalized spacial score (nSPS) is 12.8. The average Bonchev–Trinajstić information content (AvgIpc) is 2.60. The molecular weight excluding hydrogens is 320 g/mol. The molecule has 0 saturated heterocycles. The first-order valence-electron chi connectivity index (χ1n) is 7.72. The number of rotatable bonds is 4. The molecule has 0 amide bonds. The van der Waals surface area contributed by atoms with Crippen LogP contribution >= 0.6 is 0 Å². The van der Waals surface area contributed by atoms with E-state index in [9.17, 15) is 5.11 Å². The summed E-state index contributed by atoms with van der Waals surface area (Å²) < 4.78 is 22.0. The highest BCUT2D eigenvalue weighted by Gasteiger charge is 2.24. The third-order valence-electron chi connectivity index (χ3n) is 4.18. The Labute approximate surface area is 146 Å². The summed E-state index contributed by atoms with van der Waals surface area (Å²) in [4.78, 5) is 0. The van der Waals surface area contributed by atoms with Crippen molar-refractivity contribution in [3.63, 3.8) is 0 Å². The van der Waals surface area contributed by atoms with Crippen molar-refractivity contribution in [3.8, 4) is 28.7 Å². The van der Waals surface area contributed by atoms with E-state index >= 15 is 0 Å². The lowest BCUT2D eigenvalue weighted by Gasteiger charge is -2.24. The van der Waals surface area contributed by atoms with E-state index in [2.05, 4.69) is 6.58 Å². The lowest BCUT2D eigenvalue weighted by molar-refractivity contribution is 0.350. The molecule has 0 fully saturated rings. The van der Waals surface area contributed by atoms with Crippen molar-refractivity contribution in [2.75, 3.05) is 21.3 Å². The minimum atomic E-state index is 0.0457. The van der Waals surface area contributed by atoms with Gasteiger partial charge >= 0.3 is 0 Å². The summed E-state index contributed by atoms with van der Waals surface area (Å²) in [6, 6.07) is 6.88. The first-order chi connectivity index (χ1) is 12.0. The number of hydrogen-bond acceptors (Lipinski definition) is 5. The van der Waals surface area contributed by atoms with Crippen molar-refractivity contribution >= 4 is 11.3 Å². The van der Waals surface area contributed by atoms with E-state index in [0.717, 1.165) is 22.3 Å². The van der Waals surface area contributed by atoms with Gasteiger partial charge in [0.15, 0.2) is 23.0 Å². The van der Waals surface area contributed by atoms with Crippen LogP contribution < -0.4 is 18.9 Å². The molecule has 0 atom stereocenters. The van der Waals surface area contributed by atoms with Crippen LogP contribution in [-0.4, -0.2) is 26.4 Å². The molecule has 1 N–H and O–H groups in total. The topological polar surface area (TPSA) is 57.2 Å². The Morgan fingerprint density at radius 2 is 1.72 bits per heavy atom. The molecule has 0 radical (unpaired) electrons. The highest BCUT2D eigenvalue weighted by Crippen LogP contribution is 2.46. The van der Waals surface area contributed by atoms with E-state index in [4.69, 9.17) is 18.9 Å². The summed E-state index contributed by atoms with van der Waals surface area (Å²) in [5, 5.41) is 10.0. The summed E-state index contributed by atoms with van der Waals surface area (Å²) in [6.45, 7) is 6.08. The van der Waals surface area contributed by atoms with Crippen LogP contribution in [0.3, 0.4) is 0 Å². The molecule has 0 spiro atoms. The zero-order valence-corrected chi connectivity index (χ0v) is 14.7. The zero-order valence-electron chi connectivity index (χ0n) is 14.7. The number of phenolic OH excluding ortho intramolecular Hbond substituents is 1. The molecule has 0 aromatic heterocycles. The fraction of sp³-hybridized carbons (Fsp3) is 0.200. The maximum atomic E-state index is 10.0. The van der Waals surface area contributed by atoms with Crippen LogP contribution in [0.4, 0.5) is 0 Å². The first-order valence-corrected chi connectivity index (χ1v) is 7.72. The van der Waals surface area contributed by atoms with Gasteiger partial charge in [-0.15, -0.1) is 0 Å². The van der Waals surface area contributed by atoms with Crippen molar-refractivity contribution in [1.29, 1.82) is 0 Å². The van der Waals surface area contributed by atoms with Gasteiger partial charge in [-0.3, -0.25) is 0 Å². The molecule has 25 heavy (non-hydrogen) atoms. The maximum Gasteiger partial charge on any atom is 0.164 e. The van der Waals surface area contributed by atoms with Crippen LogP contribution in [-0.2, 0) is 0 Å². The third-order valence-corrected chi connectivity index (χ3v) is 4.18. The second-order valence-electron chi connectivity index (χ2n) is 5.63. The van der Waals surface area contributed by atoms with Crippen LogP contribution in [0.15, 0.2) is 36.9 Å². The van der Waals surface area contributed by atoms with Crippen molar-refractivity contribution in [2.45, 2.75) is 6.92 Å². The van der Waals surface area contributed by atoms with Crippen molar-refractivity contribution in [2.24, 2.45) is 0 Å². The molecule has 2 aromatic carbocycles. The predicted octanol–water partition coefficient (Wildman–Crippen LogP) is 4.17. The number of phenols is 1. The van der Waals surface area contributed by atoms with Crippen LogP contribution in [0.5, 0.6) is 28.7 Å². The smallest absolute Gasteiger partial charge is 0.164 e. The Bertz CT molecular complexity index is 880. The molecule has 1 heterocycles. The van der Waals surface area contributed by atoms with E-state index in [1.165, 1.54) is 7.11 Å². The first kappa shape index (κ1) is 16.8. The molecule has 0 saturated carbocycles. The van der Waals surface area contributed by atoms with Gasteiger partial charge in [0.1, 0.15) is 11.5 Å². The Hall–Kier alpha value is -3.08. The lowest BCUT2D eigenvalue weighted by Crippen LogP contribution is -2.07. The SMILES string of the molecule is C=C1C=C(c2ccc(OC)c(O)c2)Oc2cc(OC)c(OC)c(C)c21. The Balaban J connectivity index is 2.07. The Morgan fingerprint density at radius 3 is 2.32 bits per heavy atom. The second kappa shape index (κ2) is 6.43. The van der Waals surface area contributed by atoms with Crippen LogP contribution in [0.2, 0.25) is 0 Å². The van der Waals surface area contributed by atoms with E-state index in [-0.39, 0.29) is 5.75 Å². The third kappa shape index (κ3) is 2.78. The van der Waals surface area contributed by atoms with E-state index in [1.54, 1.807) is 32.4 Å². The molecular formula is C20H20O5. The van der Waals surface area contributed by atoms with Crippen LogP contribution in [0.25, 0.3) is 11.3 Å². The summed E-state index contributed by atoms with van der Waals surface area (Å²) in [5.74, 6) is 2.91. The highest BCUT2D eigenvalue weighted by molar-refractivity contribution is 5.90. The number of methoxy groups -OCH3 is 3. The van der Waals surface area contributed by atoms with E-state index in [0.29, 0.717) is 28.8 Å². The molecule has 0 aliphatic carbocycles. The number of benzene rings is 2. The second-order valence-corrected chi connectivity index (χ2v) is 5.63. The Kier molecular flexibility index (Phi) is 4.31. The van der Waals surface area contributed by atoms with Crippen molar-refractivity contribution in [3.05, 3.63) is 53.6 Å². The minimum Gasteiger partial charge on any atom is -0.504 e. The predicted molar refractivity (Wildman–Crippen MR) is 96.6 cm³/mol. The summed E-state index contributed by atoms with van der Waals surface area (Å²) in [7, 11) is 4.69. The molecule has 1 aliphatic heterocycles. The fourth-order valence-corrected chi connectivity index (χ4v) is 2.99. The van der Waals surface area contributed by atoms with Crippen LogP contribution in [0, 0.1) is 6.92 Å². The van der Waals surface area contributed by atoms with Crippen molar-refractivity contribution < 1.29 is 24.1 Å². The minimum absolute atomic E-state index is 0.0457. The molecule has 0 bridgehead atoms. The molecule has 0 unspecified atom stereocenters. The standard InChI is InChI=1S/C20H20O5/c1-11-8-16(13-6-7-15(22-3)14(21)9-13)25-17-10-18(23-4)20(24-5)12(2)19(11)17/h6-10,21H,1H2,2-5H3. The summed E-state index contributed by atoms with van der Waals surface area (Å²) >= 11 is 0. The molecule has 5 heteroatoms. The van der Waals surface area contributed by atoms with Gasteiger partial charge in [0, 0.05) is 22.8 Å². The lowest BCUT2D eigenvalue weighted by atomic mass is 9.95. The molecule has 2 aromatic rings. The van der Waals surface area contributed by atoms with Gasteiger partial charge < -0.3 is 24.1 Å². The molecule has 1 aliphatic rings. The number of allylic oxidation sites excluding steroid dienone is 2. The average molecular weight is 340 g/mol. The van der Waals surface area contributed by atoms with Gasteiger partial charge in [-0.2, -0.15) is 0 Å². The molecule has 5 nitrogen and oxygen atoms in total. The molecule has 3 rings (SSSR count). The van der Waals surface area contributed by atoms with Gasteiger partial charge in [-0.05, 0) is 36.8 Å². The largest absolute Gasteiger partial charge is 0.504 e. The van der Waals surface area contributed by atoms with E-state index < -0.39 is 0 Å². The van der Waals surface area contributed by atoms with Gasteiger partial charge in [0.2, 0.25) is 0 Å². The number of fused-ring (bicyclic) bond motifs is 1. The maximum absolute atomic E-state index is 10.0. The summed E-state index contributed by atoms with van der Waals surface area (Å²) in [5.41, 5.74) is 3.29. The number of aromatic hydroxyl groups is 1. The van der Waals surface area contributed by atoms with Gasteiger partial charge in [0.25, 0.3) is 0 Å². The van der Waals surface area contributed by atoms with Gasteiger partial charge in [-0.1, -0.05) is 6.58 Å². The van der Waals surface area contributed by atoms with Crippen LogP contribution in [0.1, 0.15) is 16.7 Å². The van der Waals surface area contributed by atoms with Crippen molar-refractivity contribution in [1.82, 2.24) is 0 Å². The summed E-state index contributed by atoms with van der Waals surface area (Å²) in [6.07, 6.45) is 1.84. The zero-order chi connectivity index (χ0) is 18.1. The number of hydrogen-bond donors (Lipinski definition) is 1. The number of ether oxygens (including phenoxy) is 4. The van der Waals surface area contributed by atoms with E-state index in [1.807, 2.05) is 19.1 Å². The molecule has 130 valence electrons. The monoisotopic (exact) mass is 340 g/mol. The Morgan fingerprint density at radius 1 is 1.00 bits per heavy atom. The van der Waals surface area contributed by atoms with Gasteiger partial charge in [-0.25, -0.2) is 0 Å². The van der Waals surface area contributed by atoms with Gasteiger partial charge in [0.05, 0.1) is 21.3 Å². The quantitative estimate of drug-likeness (QED) is 0.905.